The summed E-state index contributed by atoms with van der Waals surface area (Å²) in [5, 5.41) is 2.99. The first-order chi connectivity index (χ1) is 13.4. The van der Waals surface area contributed by atoms with Crippen molar-refractivity contribution in [3.63, 3.8) is 0 Å². The molecule has 0 atom stereocenters. The molecule has 1 heterocycles. The fourth-order valence-electron chi connectivity index (χ4n) is 3.26. The predicted octanol–water partition coefficient (Wildman–Crippen LogP) is 5.14. The van der Waals surface area contributed by atoms with Crippen LogP contribution in [0.5, 0.6) is 11.5 Å². The van der Waals surface area contributed by atoms with E-state index in [2.05, 4.69) is 5.32 Å². The van der Waals surface area contributed by atoms with E-state index in [1.807, 2.05) is 86.9 Å². The largest absolute Gasteiger partial charge is 0.497 e. The highest BCUT2D eigenvalue weighted by Crippen LogP contribution is 2.28. The lowest BCUT2D eigenvalue weighted by Gasteiger charge is -2.15. The normalized spacial score (nSPS) is 10.8. The van der Waals surface area contributed by atoms with Gasteiger partial charge in [-0.15, -0.1) is 0 Å². The van der Waals surface area contributed by atoms with Crippen LogP contribution >= 0.6 is 0 Å². The number of aromatic nitrogens is 1. The van der Waals surface area contributed by atoms with Gasteiger partial charge in [0, 0.05) is 23.1 Å². The summed E-state index contributed by atoms with van der Waals surface area (Å²) in [4.78, 5) is 13.0. The van der Waals surface area contributed by atoms with Gasteiger partial charge in [0.1, 0.15) is 11.5 Å². The highest BCUT2D eigenvalue weighted by molar-refractivity contribution is 6.06. The van der Waals surface area contributed by atoms with Gasteiger partial charge in [-0.05, 0) is 58.0 Å². The smallest absolute Gasteiger partial charge is 0.257 e. The summed E-state index contributed by atoms with van der Waals surface area (Å²) in [6, 6.07) is 17.2. The number of nitrogens with one attached hydrogen (secondary N) is 1. The lowest BCUT2D eigenvalue weighted by Crippen LogP contribution is -2.15. The Bertz CT molecular complexity index is 989. The molecule has 0 radical (unpaired) electrons. The summed E-state index contributed by atoms with van der Waals surface area (Å²) >= 11 is 0. The van der Waals surface area contributed by atoms with E-state index in [0.717, 1.165) is 22.8 Å². The van der Waals surface area contributed by atoms with Gasteiger partial charge in [0.25, 0.3) is 5.91 Å². The summed E-state index contributed by atoms with van der Waals surface area (Å²) in [5.74, 6) is 1.27. The summed E-state index contributed by atoms with van der Waals surface area (Å²) in [6.45, 7) is 7.84. The number of rotatable bonds is 6. The molecule has 3 rings (SSSR count). The fourth-order valence-corrected chi connectivity index (χ4v) is 3.26. The number of carbonyl (C=O) groups excluding carboxylic acids is 1. The van der Waals surface area contributed by atoms with Crippen molar-refractivity contribution in [2.24, 2.45) is 0 Å². The first-order valence-electron chi connectivity index (χ1n) is 9.31. The Morgan fingerprint density at radius 1 is 1.04 bits per heavy atom. The van der Waals surface area contributed by atoms with Crippen molar-refractivity contribution in [2.75, 3.05) is 12.4 Å². The molecule has 5 heteroatoms. The molecule has 0 bridgehead atoms. The second-order valence-electron chi connectivity index (χ2n) is 6.94. The highest BCUT2D eigenvalue weighted by atomic mass is 16.5. The Morgan fingerprint density at radius 3 is 2.50 bits per heavy atom. The Labute approximate surface area is 165 Å². The van der Waals surface area contributed by atoms with Crippen molar-refractivity contribution in [3.05, 3.63) is 71.5 Å². The molecule has 146 valence electrons. The molecule has 0 aliphatic carbocycles. The molecule has 0 saturated heterocycles. The number of aryl methyl sites for hydroxylation is 1. The number of benzene rings is 2. The van der Waals surface area contributed by atoms with Gasteiger partial charge < -0.3 is 19.4 Å². The van der Waals surface area contributed by atoms with E-state index < -0.39 is 0 Å². The van der Waals surface area contributed by atoms with Crippen LogP contribution in [0.2, 0.25) is 0 Å². The van der Waals surface area contributed by atoms with Crippen LogP contribution in [0.4, 0.5) is 5.69 Å². The van der Waals surface area contributed by atoms with Gasteiger partial charge in [-0.2, -0.15) is 0 Å². The van der Waals surface area contributed by atoms with E-state index in [1.54, 1.807) is 7.11 Å². The van der Waals surface area contributed by atoms with Crippen molar-refractivity contribution < 1.29 is 14.3 Å². The quantitative estimate of drug-likeness (QED) is 0.646. The fraction of sp³-hybridized carbons (Fsp3) is 0.261. The first kappa shape index (κ1) is 19.5. The van der Waals surface area contributed by atoms with Gasteiger partial charge in [-0.3, -0.25) is 4.79 Å². The maximum absolute atomic E-state index is 13.0. The number of nitrogens with zero attached hydrogens (tertiary/aromatic N) is 1. The molecule has 1 amide bonds. The Hall–Kier alpha value is -3.21. The Kier molecular flexibility index (Phi) is 5.73. The highest BCUT2D eigenvalue weighted by Gasteiger charge is 2.18. The second kappa shape index (κ2) is 8.21. The molecule has 5 nitrogen and oxygen atoms in total. The molecule has 0 fully saturated rings. The van der Waals surface area contributed by atoms with Gasteiger partial charge in [0.15, 0.2) is 0 Å². The SMILES string of the molecule is COc1cccc(-n2c(C)cc(C(=O)Nc3ccccc3OC(C)C)c2C)c1. The van der Waals surface area contributed by atoms with E-state index in [1.165, 1.54) is 0 Å². The molecule has 0 saturated carbocycles. The van der Waals surface area contributed by atoms with E-state index in [9.17, 15) is 4.79 Å². The molecule has 2 aromatic carbocycles. The zero-order chi connectivity index (χ0) is 20.3. The molecule has 3 aromatic rings. The standard InChI is InChI=1S/C23H26N2O3/c1-15(2)28-22-12-7-6-11-21(22)24-23(26)20-13-16(3)25(17(20)4)18-9-8-10-19(14-18)27-5/h6-15H,1-5H3,(H,24,26). The minimum atomic E-state index is -0.165. The monoisotopic (exact) mass is 378 g/mol. The lowest BCUT2D eigenvalue weighted by atomic mass is 10.2. The average molecular weight is 378 g/mol. The summed E-state index contributed by atoms with van der Waals surface area (Å²) < 4.78 is 13.2. The number of hydrogen-bond donors (Lipinski definition) is 1. The Morgan fingerprint density at radius 2 is 1.79 bits per heavy atom. The molecule has 0 unspecified atom stereocenters. The van der Waals surface area contributed by atoms with E-state index >= 15 is 0 Å². The van der Waals surface area contributed by atoms with Crippen LogP contribution in [0.1, 0.15) is 35.6 Å². The summed E-state index contributed by atoms with van der Waals surface area (Å²) in [5.41, 5.74) is 4.08. The zero-order valence-corrected chi connectivity index (χ0v) is 16.9. The third kappa shape index (κ3) is 4.03. The van der Waals surface area contributed by atoms with E-state index in [-0.39, 0.29) is 12.0 Å². The van der Waals surface area contributed by atoms with Crippen LogP contribution in [0.15, 0.2) is 54.6 Å². The van der Waals surface area contributed by atoms with Crippen molar-refractivity contribution >= 4 is 11.6 Å². The van der Waals surface area contributed by atoms with Gasteiger partial charge in [-0.25, -0.2) is 0 Å². The number of anilines is 1. The molecule has 0 aliphatic heterocycles. The minimum absolute atomic E-state index is 0.0242. The molecular formula is C23H26N2O3. The van der Waals surface area contributed by atoms with Crippen LogP contribution < -0.4 is 14.8 Å². The molecule has 0 aliphatic rings. The van der Waals surface area contributed by atoms with Gasteiger partial charge >= 0.3 is 0 Å². The van der Waals surface area contributed by atoms with Gasteiger partial charge in [0.2, 0.25) is 0 Å². The molecule has 1 aromatic heterocycles. The van der Waals surface area contributed by atoms with Crippen LogP contribution in [0.25, 0.3) is 5.69 Å². The summed E-state index contributed by atoms with van der Waals surface area (Å²) in [7, 11) is 1.64. The second-order valence-corrected chi connectivity index (χ2v) is 6.94. The lowest BCUT2D eigenvalue weighted by molar-refractivity contribution is 0.102. The van der Waals surface area contributed by atoms with E-state index in [4.69, 9.17) is 9.47 Å². The van der Waals surface area contributed by atoms with Crippen molar-refractivity contribution in [1.82, 2.24) is 4.57 Å². The Balaban J connectivity index is 1.92. The molecule has 28 heavy (non-hydrogen) atoms. The first-order valence-corrected chi connectivity index (χ1v) is 9.31. The van der Waals surface area contributed by atoms with Crippen LogP contribution in [0, 0.1) is 13.8 Å². The number of amides is 1. The topological polar surface area (TPSA) is 52.5 Å². The number of para-hydroxylation sites is 2. The number of hydrogen-bond acceptors (Lipinski definition) is 3. The number of methoxy groups -OCH3 is 1. The molecular weight excluding hydrogens is 352 g/mol. The predicted molar refractivity (Wildman–Crippen MR) is 112 cm³/mol. The maximum atomic E-state index is 13.0. The van der Waals surface area contributed by atoms with Gasteiger partial charge in [0.05, 0.1) is 24.5 Å². The number of carbonyl (C=O) groups is 1. The average Bonchev–Trinajstić information content (AvgIpc) is 2.97. The van der Waals surface area contributed by atoms with Crippen molar-refractivity contribution in [1.29, 1.82) is 0 Å². The maximum Gasteiger partial charge on any atom is 0.257 e. The molecule has 1 N–H and O–H groups in total. The van der Waals surface area contributed by atoms with Crippen LogP contribution in [0.3, 0.4) is 0 Å². The third-order valence-electron chi connectivity index (χ3n) is 4.49. The van der Waals surface area contributed by atoms with Crippen LogP contribution in [-0.4, -0.2) is 23.7 Å². The third-order valence-corrected chi connectivity index (χ3v) is 4.49. The molecule has 0 spiro atoms. The van der Waals surface area contributed by atoms with Crippen molar-refractivity contribution in [3.8, 4) is 17.2 Å². The van der Waals surface area contributed by atoms with E-state index in [0.29, 0.717) is 17.0 Å². The van der Waals surface area contributed by atoms with Gasteiger partial charge in [-0.1, -0.05) is 18.2 Å². The number of ether oxygens (including phenoxy) is 2. The zero-order valence-electron chi connectivity index (χ0n) is 16.9. The minimum Gasteiger partial charge on any atom is -0.497 e. The van der Waals surface area contributed by atoms with Crippen molar-refractivity contribution in [2.45, 2.75) is 33.8 Å². The van der Waals surface area contributed by atoms with Crippen LogP contribution in [-0.2, 0) is 0 Å². The summed E-state index contributed by atoms with van der Waals surface area (Å²) in [6.07, 6.45) is 0.0242.